The lowest BCUT2D eigenvalue weighted by Crippen LogP contribution is -2.14. The molecule has 1 aliphatic heterocycles. The first-order valence-corrected chi connectivity index (χ1v) is 8.22. The van der Waals surface area contributed by atoms with Gasteiger partial charge < -0.3 is 10.1 Å². The second kappa shape index (κ2) is 6.50. The Hall–Kier alpha value is -1.52. The molecule has 0 saturated heterocycles. The minimum Gasteiger partial charge on any atom is -0.491 e. The van der Waals surface area contributed by atoms with E-state index < -0.39 is 0 Å². The Balaban J connectivity index is 1.71. The maximum absolute atomic E-state index is 6.07. The molecule has 2 aromatic rings. The highest BCUT2D eigenvalue weighted by Crippen LogP contribution is 2.39. The van der Waals surface area contributed by atoms with Gasteiger partial charge in [0, 0.05) is 28.8 Å². The van der Waals surface area contributed by atoms with Gasteiger partial charge in [0.1, 0.15) is 5.75 Å². The molecule has 1 aromatic carbocycles. The number of fused-ring (bicyclic) bond motifs is 1. The second-order valence-corrected chi connectivity index (χ2v) is 6.35. The van der Waals surface area contributed by atoms with Gasteiger partial charge in [0.05, 0.1) is 12.3 Å². The molecular weight excluding hydrogens is 280 g/mol. The number of nitrogens with one attached hydrogen (secondary N) is 1. The van der Waals surface area contributed by atoms with Crippen LogP contribution < -0.4 is 10.1 Å². The van der Waals surface area contributed by atoms with Crippen molar-refractivity contribution in [1.29, 1.82) is 0 Å². The van der Waals surface area contributed by atoms with Crippen LogP contribution in [-0.2, 0) is 6.54 Å². The fourth-order valence-corrected chi connectivity index (χ4v) is 3.81. The summed E-state index contributed by atoms with van der Waals surface area (Å²) < 4.78 is 6.07. The number of thioether (sulfide) groups is 1. The van der Waals surface area contributed by atoms with Gasteiger partial charge in [-0.15, -0.1) is 11.8 Å². The average molecular weight is 300 g/mol. The summed E-state index contributed by atoms with van der Waals surface area (Å²) in [5.41, 5.74) is 3.42. The third-order valence-corrected chi connectivity index (χ3v) is 4.91. The van der Waals surface area contributed by atoms with Crippen molar-refractivity contribution in [2.75, 3.05) is 19.4 Å². The average Bonchev–Trinajstić information content (AvgIpc) is 2.90. The number of benzene rings is 1. The van der Waals surface area contributed by atoms with E-state index in [0.717, 1.165) is 29.4 Å². The van der Waals surface area contributed by atoms with E-state index in [9.17, 15) is 0 Å². The zero-order valence-electron chi connectivity index (χ0n) is 12.4. The minimum atomic E-state index is 0.468. The van der Waals surface area contributed by atoms with Gasteiger partial charge in [-0.25, -0.2) is 0 Å². The highest BCUT2D eigenvalue weighted by atomic mass is 32.2. The van der Waals surface area contributed by atoms with Crippen molar-refractivity contribution >= 4 is 11.8 Å². The van der Waals surface area contributed by atoms with Gasteiger partial charge in [0.25, 0.3) is 0 Å². The van der Waals surface area contributed by atoms with E-state index in [1.165, 1.54) is 10.5 Å². The van der Waals surface area contributed by atoms with Gasteiger partial charge in [0.15, 0.2) is 0 Å². The Kier molecular flexibility index (Phi) is 4.46. The summed E-state index contributed by atoms with van der Waals surface area (Å²) in [6, 6.07) is 12.7. The molecule has 0 radical (unpaired) electrons. The number of rotatable bonds is 5. The number of nitrogens with zero attached hydrogens (tertiary/aromatic N) is 1. The van der Waals surface area contributed by atoms with Crippen molar-refractivity contribution in [3.63, 3.8) is 0 Å². The lowest BCUT2D eigenvalue weighted by Gasteiger charge is -2.15. The fourth-order valence-electron chi connectivity index (χ4n) is 2.58. The van der Waals surface area contributed by atoms with Crippen LogP contribution in [0.25, 0.3) is 0 Å². The molecule has 0 amide bonds. The van der Waals surface area contributed by atoms with Gasteiger partial charge in [-0.1, -0.05) is 18.2 Å². The van der Waals surface area contributed by atoms with Crippen LogP contribution in [0.3, 0.4) is 0 Å². The Morgan fingerprint density at radius 3 is 3.00 bits per heavy atom. The zero-order valence-corrected chi connectivity index (χ0v) is 13.2. The van der Waals surface area contributed by atoms with Crippen molar-refractivity contribution in [2.24, 2.45) is 0 Å². The van der Waals surface area contributed by atoms with E-state index in [1.807, 2.05) is 37.9 Å². The van der Waals surface area contributed by atoms with E-state index in [4.69, 9.17) is 4.74 Å². The topological polar surface area (TPSA) is 34.2 Å². The third kappa shape index (κ3) is 3.22. The van der Waals surface area contributed by atoms with Crippen LogP contribution >= 0.6 is 11.8 Å². The number of aromatic nitrogens is 1. The standard InChI is InChI=1S/C17H20N2OS/c1-12-7-8-16(15(19-12)9-18-2)20-10-13-11-21-17-6-4-3-5-14(13)17/h3-8,13,18H,9-11H2,1-2H3. The van der Waals surface area contributed by atoms with E-state index in [2.05, 4.69) is 34.6 Å². The Labute approximate surface area is 130 Å². The van der Waals surface area contributed by atoms with Gasteiger partial charge in [-0.2, -0.15) is 0 Å². The van der Waals surface area contributed by atoms with Gasteiger partial charge in [-0.05, 0) is 37.7 Å². The molecule has 1 aromatic heterocycles. The molecule has 0 fully saturated rings. The summed E-state index contributed by atoms with van der Waals surface area (Å²) in [7, 11) is 1.93. The molecule has 0 spiro atoms. The molecule has 0 saturated carbocycles. The largest absolute Gasteiger partial charge is 0.491 e. The smallest absolute Gasteiger partial charge is 0.142 e. The molecule has 21 heavy (non-hydrogen) atoms. The van der Waals surface area contributed by atoms with Crippen molar-refractivity contribution in [3.05, 3.63) is 53.3 Å². The Morgan fingerprint density at radius 2 is 2.14 bits per heavy atom. The minimum absolute atomic E-state index is 0.468. The maximum Gasteiger partial charge on any atom is 0.142 e. The number of pyridine rings is 1. The molecule has 0 bridgehead atoms. The number of aryl methyl sites for hydroxylation is 1. The predicted molar refractivity (Wildman–Crippen MR) is 87.1 cm³/mol. The SMILES string of the molecule is CNCc1nc(C)ccc1OCC1CSc2ccccc21. The van der Waals surface area contributed by atoms with Crippen LogP contribution in [0.1, 0.15) is 22.9 Å². The van der Waals surface area contributed by atoms with Gasteiger partial charge in [0.2, 0.25) is 0 Å². The summed E-state index contributed by atoms with van der Waals surface area (Å²) >= 11 is 1.92. The summed E-state index contributed by atoms with van der Waals surface area (Å²) in [5.74, 6) is 2.46. The maximum atomic E-state index is 6.07. The molecule has 2 heterocycles. The molecule has 1 aliphatic rings. The van der Waals surface area contributed by atoms with E-state index in [0.29, 0.717) is 12.5 Å². The van der Waals surface area contributed by atoms with Crippen molar-refractivity contribution in [1.82, 2.24) is 10.3 Å². The first-order valence-electron chi connectivity index (χ1n) is 7.23. The molecule has 1 atom stereocenters. The monoisotopic (exact) mass is 300 g/mol. The Bertz CT molecular complexity index is 630. The fraction of sp³-hybridized carbons (Fsp3) is 0.353. The van der Waals surface area contributed by atoms with E-state index in [-0.39, 0.29) is 0 Å². The number of ether oxygens (including phenoxy) is 1. The Morgan fingerprint density at radius 1 is 1.29 bits per heavy atom. The van der Waals surface area contributed by atoms with Crippen molar-refractivity contribution in [2.45, 2.75) is 24.3 Å². The second-order valence-electron chi connectivity index (χ2n) is 5.28. The normalized spacial score (nSPS) is 16.8. The summed E-state index contributed by atoms with van der Waals surface area (Å²) in [6.45, 7) is 3.45. The van der Waals surface area contributed by atoms with Gasteiger partial charge >= 0.3 is 0 Å². The van der Waals surface area contributed by atoms with Crippen LogP contribution in [-0.4, -0.2) is 24.4 Å². The van der Waals surface area contributed by atoms with Crippen LogP contribution in [0.2, 0.25) is 0 Å². The molecule has 1 unspecified atom stereocenters. The van der Waals surface area contributed by atoms with E-state index >= 15 is 0 Å². The quantitative estimate of drug-likeness (QED) is 0.918. The lowest BCUT2D eigenvalue weighted by atomic mass is 10.0. The third-order valence-electron chi connectivity index (χ3n) is 3.65. The van der Waals surface area contributed by atoms with Crippen molar-refractivity contribution in [3.8, 4) is 5.75 Å². The molecule has 3 nitrogen and oxygen atoms in total. The molecule has 0 aliphatic carbocycles. The molecule has 1 N–H and O–H groups in total. The van der Waals surface area contributed by atoms with Crippen LogP contribution in [0.5, 0.6) is 5.75 Å². The number of hydrogen-bond donors (Lipinski definition) is 1. The number of hydrogen-bond acceptors (Lipinski definition) is 4. The first kappa shape index (κ1) is 14.4. The molecule has 4 heteroatoms. The van der Waals surface area contributed by atoms with Crippen molar-refractivity contribution < 1.29 is 4.74 Å². The van der Waals surface area contributed by atoms with Crippen LogP contribution in [0.4, 0.5) is 0 Å². The summed E-state index contributed by atoms with van der Waals surface area (Å²) in [4.78, 5) is 5.95. The van der Waals surface area contributed by atoms with E-state index in [1.54, 1.807) is 0 Å². The van der Waals surface area contributed by atoms with Crippen LogP contribution in [0.15, 0.2) is 41.3 Å². The molecular formula is C17H20N2OS. The zero-order chi connectivity index (χ0) is 14.7. The predicted octanol–water partition coefficient (Wildman–Crippen LogP) is 3.38. The highest BCUT2D eigenvalue weighted by molar-refractivity contribution is 7.99. The van der Waals surface area contributed by atoms with Gasteiger partial charge in [-0.3, -0.25) is 4.98 Å². The summed E-state index contributed by atoms with van der Waals surface area (Å²) in [6.07, 6.45) is 0. The first-order chi connectivity index (χ1) is 10.3. The summed E-state index contributed by atoms with van der Waals surface area (Å²) in [5, 5.41) is 3.15. The van der Waals surface area contributed by atoms with Crippen LogP contribution in [0, 0.1) is 6.92 Å². The highest BCUT2D eigenvalue weighted by Gasteiger charge is 2.23. The molecule has 110 valence electrons. The molecule has 3 rings (SSSR count). The lowest BCUT2D eigenvalue weighted by molar-refractivity contribution is 0.293.